The fourth-order valence-corrected chi connectivity index (χ4v) is 2.17. The third kappa shape index (κ3) is 3.90. The molecule has 0 aromatic heterocycles. The van der Waals surface area contributed by atoms with Crippen LogP contribution >= 0.6 is 0 Å². The van der Waals surface area contributed by atoms with E-state index in [-0.39, 0.29) is 18.4 Å². The Bertz CT molecular complexity index is 635. The van der Waals surface area contributed by atoms with Crippen molar-refractivity contribution in [2.75, 3.05) is 11.9 Å². The number of benzene rings is 2. The standard InChI is InChI=1S/C17H18N2O2/c1-2-16(15-8-3-4-9-17(15)20)19-13-6-5-7-14(12-13)21-11-10-18/h3-9,12,16,19-20H,2,11H2,1H3. The van der Waals surface area contributed by atoms with Crippen LogP contribution in [0.25, 0.3) is 0 Å². The summed E-state index contributed by atoms with van der Waals surface area (Å²) in [6.07, 6.45) is 0.834. The van der Waals surface area contributed by atoms with Gasteiger partial charge >= 0.3 is 0 Å². The zero-order valence-corrected chi connectivity index (χ0v) is 11.9. The quantitative estimate of drug-likeness (QED) is 0.844. The van der Waals surface area contributed by atoms with Gasteiger partial charge in [0.25, 0.3) is 0 Å². The molecule has 4 nitrogen and oxygen atoms in total. The van der Waals surface area contributed by atoms with E-state index < -0.39 is 0 Å². The largest absolute Gasteiger partial charge is 0.508 e. The Kier molecular flexibility index (Phi) is 5.05. The van der Waals surface area contributed by atoms with Crippen molar-refractivity contribution in [3.05, 3.63) is 54.1 Å². The van der Waals surface area contributed by atoms with Crippen molar-refractivity contribution in [2.24, 2.45) is 0 Å². The molecule has 0 aliphatic heterocycles. The van der Waals surface area contributed by atoms with Crippen molar-refractivity contribution in [1.82, 2.24) is 0 Å². The van der Waals surface area contributed by atoms with E-state index >= 15 is 0 Å². The zero-order chi connectivity index (χ0) is 15.1. The lowest BCUT2D eigenvalue weighted by Gasteiger charge is -2.20. The average molecular weight is 282 g/mol. The molecule has 2 N–H and O–H groups in total. The van der Waals surface area contributed by atoms with Crippen LogP contribution in [-0.4, -0.2) is 11.7 Å². The molecule has 1 unspecified atom stereocenters. The van der Waals surface area contributed by atoms with Crippen LogP contribution in [-0.2, 0) is 0 Å². The number of hydrogen-bond donors (Lipinski definition) is 2. The highest BCUT2D eigenvalue weighted by Crippen LogP contribution is 2.30. The lowest BCUT2D eigenvalue weighted by atomic mass is 10.0. The molecule has 0 spiro atoms. The van der Waals surface area contributed by atoms with Gasteiger partial charge in [-0.05, 0) is 24.6 Å². The summed E-state index contributed by atoms with van der Waals surface area (Å²) in [6, 6.07) is 16.7. The maximum absolute atomic E-state index is 9.96. The van der Waals surface area contributed by atoms with Crippen LogP contribution in [0.1, 0.15) is 24.9 Å². The summed E-state index contributed by atoms with van der Waals surface area (Å²) in [5.74, 6) is 0.933. The predicted molar refractivity (Wildman–Crippen MR) is 82.3 cm³/mol. The molecule has 0 radical (unpaired) electrons. The molecule has 0 amide bonds. The number of rotatable bonds is 6. The maximum Gasteiger partial charge on any atom is 0.174 e. The summed E-state index contributed by atoms with van der Waals surface area (Å²) in [5, 5.41) is 21.9. The monoisotopic (exact) mass is 282 g/mol. The minimum absolute atomic E-state index is 0.0115. The Morgan fingerprint density at radius 3 is 2.76 bits per heavy atom. The van der Waals surface area contributed by atoms with E-state index in [4.69, 9.17) is 10.00 Å². The average Bonchev–Trinajstić information content (AvgIpc) is 2.52. The first-order valence-corrected chi connectivity index (χ1v) is 6.88. The lowest BCUT2D eigenvalue weighted by Crippen LogP contribution is -2.10. The molecule has 0 saturated heterocycles. The molecule has 0 heterocycles. The molecule has 2 aromatic rings. The van der Waals surface area contributed by atoms with Crippen LogP contribution in [0.5, 0.6) is 11.5 Å². The molecular formula is C17H18N2O2. The number of aromatic hydroxyl groups is 1. The SMILES string of the molecule is CCC(Nc1cccc(OCC#N)c1)c1ccccc1O. The van der Waals surface area contributed by atoms with Crippen LogP contribution in [0.15, 0.2) is 48.5 Å². The molecule has 108 valence electrons. The van der Waals surface area contributed by atoms with Crippen LogP contribution in [0.2, 0.25) is 0 Å². The molecule has 4 heteroatoms. The van der Waals surface area contributed by atoms with Crippen LogP contribution in [0, 0.1) is 11.3 Å². The van der Waals surface area contributed by atoms with Crippen molar-refractivity contribution in [2.45, 2.75) is 19.4 Å². The smallest absolute Gasteiger partial charge is 0.174 e. The van der Waals surface area contributed by atoms with Crippen LogP contribution < -0.4 is 10.1 Å². The van der Waals surface area contributed by atoms with Crippen molar-refractivity contribution >= 4 is 5.69 Å². The van der Waals surface area contributed by atoms with E-state index in [0.717, 1.165) is 17.7 Å². The second-order valence-corrected chi connectivity index (χ2v) is 4.64. The van der Waals surface area contributed by atoms with E-state index in [9.17, 15) is 5.11 Å². The van der Waals surface area contributed by atoms with Crippen LogP contribution in [0.4, 0.5) is 5.69 Å². The second kappa shape index (κ2) is 7.20. The zero-order valence-electron chi connectivity index (χ0n) is 11.9. The first-order valence-electron chi connectivity index (χ1n) is 6.88. The van der Waals surface area contributed by atoms with Gasteiger partial charge in [0.05, 0.1) is 6.04 Å². The number of anilines is 1. The normalized spacial score (nSPS) is 11.4. The van der Waals surface area contributed by atoms with Gasteiger partial charge in [-0.1, -0.05) is 31.2 Å². The van der Waals surface area contributed by atoms with Gasteiger partial charge in [0, 0.05) is 17.3 Å². The molecule has 0 bridgehead atoms. The molecule has 0 saturated carbocycles. The van der Waals surface area contributed by atoms with Gasteiger partial charge in [-0.25, -0.2) is 0 Å². The summed E-state index contributed by atoms with van der Waals surface area (Å²) >= 11 is 0. The number of nitrogens with one attached hydrogen (secondary N) is 1. The van der Waals surface area contributed by atoms with E-state index in [1.54, 1.807) is 6.07 Å². The van der Waals surface area contributed by atoms with Gasteiger partial charge in [-0.3, -0.25) is 0 Å². The summed E-state index contributed by atoms with van der Waals surface area (Å²) in [7, 11) is 0. The van der Waals surface area contributed by atoms with Gasteiger partial charge in [0.2, 0.25) is 0 Å². The summed E-state index contributed by atoms with van der Waals surface area (Å²) < 4.78 is 5.29. The maximum atomic E-state index is 9.96. The predicted octanol–water partition coefficient (Wildman–Crippen LogP) is 3.86. The van der Waals surface area contributed by atoms with Crippen molar-refractivity contribution in [3.63, 3.8) is 0 Å². The number of para-hydroxylation sites is 1. The fourth-order valence-electron chi connectivity index (χ4n) is 2.17. The number of phenolic OH excluding ortho intramolecular Hbond substituents is 1. The first-order chi connectivity index (χ1) is 10.2. The van der Waals surface area contributed by atoms with E-state index in [0.29, 0.717) is 5.75 Å². The summed E-state index contributed by atoms with van der Waals surface area (Å²) in [5.41, 5.74) is 1.75. The van der Waals surface area contributed by atoms with Gasteiger partial charge in [-0.2, -0.15) is 5.26 Å². The Balaban J connectivity index is 2.16. The Morgan fingerprint density at radius 1 is 1.24 bits per heavy atom. The third-order valence-electron chi connectivity index (χ3n) is 3.20. The van der Waals surface area contributed by atoms with Gasteiger partial charge in [-0.15, -0.1) is 0 Å². The third-order valence-corrected chi connectivity index (χ3v) is 3.20. The molecule has 2 aromatic carbocycles. The molecule has 2 rings (SSSR count). The molecule has 1 atom stereocenters. The van der Waals surface area contributed by atoms with E-state index in [2.05, 4.69) is 12.2 Å². The highest BCUT2D eigenvalue weighted by molar-refractivity contribution is 5.51. The first kappa shape index (κ1) is 14.7. The highest BCUT2D eigenvalue weighted by atomic mass is 16.5. The number of ether oxygens (including phenoxy) is 1. The van der Waals surface area contributed by atoms with Crippen molar-refractivity contribution in [3.8, 4) is 17.6 Å². The van der Waals surface area contributed by atoms with Crippen molar-refractivity contribution < 1.29 is 9.84 Å². The van der Waals surface area contributed by atoms with E-state index in [1.807, 2.05) is 48.5 Å². The molecule has 0 aliphatic carbocycles. The Hall–Kier alpha value is -2.67. The topological polar surface area (TPSA) is 65.3 Å². The number of phenols is 1. The van der Waals surface area contributed by atoms with Gasteiger partial charge in [0.15, 0.2) is 6.61 Å². The van der Waals surface area contributed by atoms with Crippen molar-refractivity contribution in [1.29, 1.82) is 5.26 Å². The Morgan fingerprint density at radius 2 is 2.05 bits per heavy atom. The Labute approximate surface area is 124 Å². The summed E-state index contributed by atoms with van der Waals surface area (Å²) in [6.45, 7) is 2.08. The van der Waals surface area contributed by atoms with Crippen LogP contribution in [0.3, 0.4) is 0 Å². The molecule has 0 aliphatic rings. The fraction of sp³-hybridized carbons (Fsp3) is 0.235. The highest BCUT2D eigenvalue weighted by Gasteiger charge is 2.13. The second-order valence-electron chi connectivity index (χ2n) is 4.64. The number of nitrogens with zero attached hydrogens (tertiary/aromatic N) is 1. The van der Waals surface area contributed by atoms with E-state index in [1.165, 1.54) is 0 Å². The summed E-state index contributed by atoms with van der Waals surface area (Å²) in [4.78, 5) is 0. The molecule has 0 fully saturated rings. The minimum atomic E-state index is 0.0115. The lowest BCUT2D eigenvalue weighted by molar-refractivity contribution is 0.368. The molecular weight excluding hydrogens is 264 g/mol. The minimum Gasteiger partial charge on any atom is -0.508 e. The molecule has 21 heavy (non-hydrogen) atoms. The van der Waals surface area contributed by atoms with Gasteiger partial charge < -0.3 is 15.2 Å². The van der Waals surface area contributed by atoms with Gasteiger partial charge in [0.1, 0.15) is 17.6 Å². The number of hydrogen-bond acceptors (Lipinski definition) is 4. The number of nitriles is 1.